The van der Waals surface area contributed by atoms with E-state index in [-0.39, 0.29) is 23.9 Å². The third-order valence-electron chi connectivity index (χ3n) is 5.27. The van der Waals surface area contributed by atoms with E-state index < -0.39 is 34.9 Å². The first-order valence-corrected chi connectivity index (χ1v) is 10.2. The Bertz CT molecular complexity index is 888. The molecule has 2 rings (SSSR count). The molecule has 1 fully saturated rings. The molecule has 1 heterocycles. The van der Waals surface area contributed by atoms with Gasteiger partial charge in [-0.05, 0) is 63.8 Å². The van der Waals surface area contributed by atoms with Gasteiger partial charge in [0.2, 0.25) is 11.9 Å². The van der Waals surface area contributed by atoms with Crippen LogP contribution in [-0.4, -0.2) is 42.2 Å². The fraction of sp³-hybridized carbons (Fsp3) is 0.545. The maximum absolute atomic E-state index is 14.1. The van der Waals surface area contributed by atoms with Crippen molar-refractivity contribution < 1.29 is 28.2 Å². The Morgan fingerprint density at radius 2 is 1.84 bits per heavy atom. The lowest BCUT2D eigenvalue weighted by molar-refractivity contribution is -0.127. The molecule has 1 unspecified atom stereocenters. The Hall–Kier alpha value is -2.97. The van der Waals surface area contributed by atoms with Crippen LogP contribution in [0.3, 0.4) is 0 Å². The van der Waals surface area contributed by atoms with Crippen LogP contribution in [0.4, 0.5) is 9.18 Å². The van der Waals surface area contributed by atoms with E-state index in [1.54, 1.807) is 20.8 Å². The summed E-state index contributed by atoms with van der Waals surface area (Å²) in [6.45, 7) is 8.99. The largest absolute Gasteiger partial charge is 0.465 e. The number of ether oxygens (including phenoxy) is 2. The smallest absolute Gasteiger partial charge is 0.437 e. The lowest BCUT2D eigenvalue weighted by atomic mass is 9.74. The summed E-state index contributed by atoms with van der Waals surface area (Å²) in [4.78, 5) is 40.8. The van der Waals surface area contributed by atoms with Crippen molar-refractivity contribution in [2.75, 3.05) is 7.11 Å². The second-order valence-electron chi connectivity index (χ2n) is 8.51. The Labute approximate surface area is 181 Å². The van der Waals surface area contributed by atoms with Gasteiger partial charge in [0.15, 0.2) is 0 Å². The molecule has 2 N–H and O–H groups in total. The van der Waals surface area contributed by atoms with Crippen LogP contribution in [0.2, 0.25) is 0 Å². The molecule has 0 radical (unpaired) electrons. The molecule has 0 aromatic heterocycles. The summed E-state index contributed by atoms with van der Waals surface area (Å²) in [7, 11) is 1.22. The summed E-state index contributed by atoms with van der Waals surface area (Å²) in [5, 5.41) is 5.78. The Kier molecular flexibility index (Phi) is 7.41. The summed E-state index contributed by atoms with van der Waals surface area (Å²) in [6, 6.07) is 3.90. The number of halogens is 1. The first kappa shape index (κ1) is 24.3. The van der Waals surface area contributed by atoms with Crippen molar-refractivity contribution in [3.05, 3.63) is 35.1 Å². The van der Waals surface area contributed by atoms with Gasteiger partial charge in [-0.3, -0.25) is 10.1 Å². The Balaban J connectivity index is 2.33. The summed E-state index contributed by atoms with van der Waals surface area (Å²) < 4.78 is 23.9. The zero-order chi connectivity index (χ0) is 23.4. The van der Waals surface area contributed by atoms with Gasteiger partial charge in [0.25, 0.3) is 0 Å². The number of rotatable bonds is 5. The SMILES string of the molecule is CCC1(CC)NC(=NC(=O)OC(C)(C)C)NC(=O)C1Cc1cc(F)cc(C(=O)OC)c1. The summed E-state index contributed by atoms with van der Waals surface area (Å²) in [5.74, 6) is -2.17. The molecular formula is C22H30FN3O5. The highest BCUT2D eigenvalue weighted by Crippen LogP contribution is 2.32. The lowest BCUT2D eigenvalue weighted by Gasteiger charge is -2.44. The molecule has 1 aromatic carbocycles. The van der Waals surface area contributed by atoms with Crippen molar-refractivity contribution in [2.24, 2.45) is 10.9 Å². The zero-order valence-corrected chi connectivity index (χ0v) is 18.8. The van der Waals surface area contributed by atoms with Crippen LogP contribution in [0.15, 0.2) is 23.2 Å². The van der Waals surface area contributed by atoms with Gasteiger partial charge in [0.05, 0.1) is 24.1 Å². The van der Waals surface area contributed by atoms with Crippen molar-refractivity contribution in [3.8, 4) is 0 Å². The molecule has 1 aromatic rings. The monoisotopic (exact) mass is 435 g/mol. The number of nitrogens with one attached hydrogen (secondary N) is 2. The third kappa shape index (κ3) is 6.02. The van der Waals surface area contributed by atoms with E-state index in [0.717, 1.165) is 6.07 Å². The number of carbonyl (C=O) groups excluding carboxylic acids is 3. The molecule has 0 aliphatic carbocycles. The minimum Gasteiger partial charge on any atom is -0.465 e. The number of guanidine groups is 1. The van der Waals surface area contributed by atoms with Crippen molar-refractivity contribution in [2.45, 2.75) is 65.0 Å². The van der Waals surface area contributed by atoms with E-state index in [9.17, 15) is 18.8 Å². The van der Waals surface area contributed by atoms with Gasteiger partial charge in [-0.25, -0.2) is 14.0 Å². The fourth-order valence-electron chi connectivity index (χ4n) is 3.69. The van der Waals surface area contributed by atoms with Gasteiger partial charge in [0, 0.05) is 0 Å². The molecule has 0 saturated carbocycles. The number of carbonyl (C=O) groups is 3. The van der Waals surface area contributed by atoms with E-state index in [1.807, 2.05) is 13.8 Å². The second kappa shape index (κ2) is 9.45. The van der Waals surface area contributed by atoms with Crippen molar-refractivity contribution >= 4 is 23.9 Å². The van der Waals surface area contributed by atoms with Gasteiger partial charge in [-0.15, -0.1) is 4.99 Å². The number of amides is 2. The molecule has 8 nitrogen and oxygen atoms in total. The maximum Gasteiger partial charge on any atom is 0.437 e. The van der Waals surface area contributed by atoms with Crippen molar-refractivity contribution in [1.29, 1.82) is 0 Å². The number of hydrogen-bond donors (Lipinski definition) is 2. The average Bonchev–Trinajstić information content (AvgIpc) is 2.67. The van der Waals surface area contributed by atoms with Gasteiger partial charge < -0.3 is 14.8 Å². The van der Waals surface area contributed by atoms with E-state index in [1.165, 1.54) is 19.2 Å². The molecule has 0 bridgehead atoms. The second-order valence-corrected chi connectivity index (χ2v) is 8.51. The number of aliphatic imine (C=N–C) groups is 1. The zero-order valence-electron chi connectivity index (χ0n) is 18.8. The molecule has 170 valence electrons. The first-order valence-electron chi connectivity index (χ1n) is 10.2. The highest BCUT2D eigenvalue weighted by atomic mass is 19.1. The standard InChI is InChI=1S/C22H30FN3O5/c1-7-22(8-2)16(11-13-9-14(18(28)30-6)12-15(23)10-13)17(27)24-19(26-22)25-20(29)31-21(3,4)5/h9-10,12,16H,7-8,11H2,1-6H3,(H2,24,25,26,27,29). The van der Waals surface area contributed by atoms with E-state index in [4.69, 9.17) is 4.74 Å². The third-order valence-corrected chi connectivity index (χ3v) is 5.27. The normalized spacial score (nSPS) is 19.4. The van der Waals surface area contributed by atoms with Crippen LogP contribution in [0.5, 0.6) is 0 Å². The molecule has 1 saturated heterocycles. The molecule has 2 amide bonds. The fourth-order valence-corrected chi connectivity index (χ4v) is 3.69. The molecule has 1 atom stereocenters. The minimum absolute atomic E-state index is 0.0219. The van der Waals surface area contributed by atoms with Gasteiger partial charge in [-0.1, -0.05) is 13.8 Å². The number of nitrogens with zero attached hydrogens (tertiary/aromatic N) is 1. The summed E-state index contributed by atoms with van der Waals surface area (Å²) in [5.41, 5.74) is -0.876. The van der Waals surface area contributed by atoms with E-state index >= 15 is 0 Å². The molecule has 31 heavy (non-hydrogen) atoms. The molecule has 0 spiro atoms. The lowest BCUT2D eigenvalue weighted by Crippen LogP contribution is -2.67. The maximum atomic E-state index is 14.1. The van der Waals surface area contributed by atoms with E-state index in [2.05, 4.69) is 20.4 Å². The summed E-state index contributed by atoms with van der Waals surface area (Å²) >= 11 is 0. The topological polar surface area (TPSA) is 106 Å². The van der Waals surface area contributed by atoms with Crippen LogP contribution in [0.1, 0.15) is 63.4 Å². The van der Waals surface area contributed by atoms with Crippen LogP contribution in [0, 0.1) is 11.7 Å². The molecule has 1 aliphatic heterocycles. The molecule has 1 aliphatic rings. The van der Waals surface area contributed by atoms with Crippen LogP contribution in [-0.2, 0) is 20.7 Å². The van der Waals surface area contributed by atoms with Crippen molar-refractivity contribution in [1.82, 2.24) is 10.6 Å². The van der Waals surface area contributed by atoms with Gasteiger partial charge >= 0.3 is 12.1 Å². The quantitative estimate of drug-likeness (QED) is 0.687. The number of benzene rings is 1. The number of esters is 1. The highest BCUT2D eigenvalue weighted by molar-refractivity contribution is 6.04. The van der Waals surface area contributed by atoms with E-state index in [0.29, 0.717) is 18.4 Å². The average molecular weight is 435 g/mol. The number of methoxy groups -OCH3 is 1. The van der Waals surface area contributed by atoms with Crippen LogP contribution >= 0.6 is 0 Å². The molecular weight excluding hydrogens is 405 g/mol. The predicted octanol–water partition coefficient (Wildman–Crippen LogP) is 3.34. The Morgan fingerprint density at radius 1 is 1.19 bits per heavy atom. The van der Waals surface area contributed by atoms with Crippen molar-refractivity contribution in [3.63, 3.8) is 0 Å². The molecule has 9 heteroatoms. The van der Waals surface area contributed by atoms with Gasteiger partial charge in [-0.2, -0.15) is 0 Å². The van der Waals surface area contributed by atoms with Gasteiger partial charge in [0.1, 0.15) is 11.4 Å². The Morgan fingerprint density at radius 3 is 2.39 bits per heavy atom. The highest BCUT2D eigenvalue weighted by Gasteiger charge is 2.45. The summed E-state index contributed by atoms with van der Waals surface area (Å²) in [6.07, 6.45) is 0.465. The first-order chi connectivity index (χ1) is 14.4. The predicted molar refractivity (Wildman–Crippen MR) is 113 cm³/mol. The van der Waals surface area contributed by atoms with Crippen LogP contribution < -0.4 is 10.6 Å². The number of hydrogen-bond acceptors (Lipinski definition) is 5. The minimum atomic E-state index is -0.817. The van der Waals surface area contributed by atoms with Crippen LogP contribution in [0.25, 0.3) is 0 Å².